The van der Waals surface area contributed by atoms with E-state index in [0.29, 0.717) is 22.0 Å². The molecule has 2 aliphatic heterocycles. The lowest BCUT2D eigenvalue weighted by Crippen LogP contribution is -2.35. The Labute approximate surface area is 184 Å². The highest BCUT2D eigenvalue weighted by molar-refractivity contribution is 6.53. The summed E-state index contributed by atoms with van der Waals surface area (Å²) in [5.74, 6) is -1.26. The van der Waals surface area contributed by atoms with E-state index in [1.165, 1.54) is 6.07 Å². The third kappa shape index (κ3) is 3.93. The Morgan fingerprint density at radius 3 is 2.37 bits per heavy atom. The normalized spacial score (nSPS) is 17.0. The first-order valence-electron chi connectivity index (χ1n) is 9.66. The van der Waals surface area contributed by atoms with Crippen LogP contribution in [0.1, 0.15) is 29.6 Å². The molecular weight excluding hydrogens is 425 g/mol. The van der Waals surface area contributed by atoms with Crippen LogP contribution >= 0.6 is 23.2 Å². The van der Waals surface area contributed by atoms with E-state index in [0.717, 1.165) is 37.3 Å². The van der Waals surface area contributed by atoms with Gasteiger partial charge >= 0.3 is 0 Å². The van der Waals surface area contributed by atoms with Gasteiger partial charge in [-0.2, -0.15) is 0 Å². The minimum Gasteiger partial charge on any atom is -0.350 e. The fourth-order valence-electron chi connectivity index (χ4n) is 3.61. The average Bonchev–Trinajstić information content (AvgIpc) is 2.97. The summed E-state index contributed by atoms with van der Waals surface area (Å²) in [4.78, 5) is 41.0. The monoisotopic (exact) mass is 443 g/mol. The number of likely N-dealkylation sites (tertiary alicyclic amines) is 1. The van der Waals surface area contributed by atoms with E-state index in [2.05, 4.69) is 5.32 Å². The number of carbonyl (C=O) groups is 3. The molecule has 3 amide bonds. The average molecular weight is 444 g/mol. The van der Waals surface area contributed by atoms with Gasteiger partial charge in [-0.25, -0.2) is 4.90 Å². The maximum Gasteiger partial charge on any atom is 0.283 e. The molecule has 1 fully saturated rings. The molecule has 1 N–H and O–H groups in total. The van der Waals surface area contributed by atoms with Gasteiger partial charge in [0.05, 0.1) is 5.69 Å². The second-order valence-electron chi connectivity index (χ2n) is 7.17. The van der Waals surface area contributed by atoms with E-state index in [-0.39, 0.29) is 16.6 Å². The van der Waals surface area contributed by atoms with Gasteiger partial charge in [0, 0.05) is 29.4 Å². The Morgan fingerprint density at radius 2 is 1.63 bits per heavy atom. The predicted octanol–water partition coefficient (Wildman–Crippen LogP) is 4.40. The molecule has 8 heteroatoms. The Bertz CT molecular complexity index is 1060. The van der Waals surface area contributed by atoms with E-state index < -0.39 is 11.8 Å². The topological polar surface area (TPSA) is 69.7 Å². The number of rotatable bonds is 4. The molecular formula is C22H19Cl2N3O3. The van der Waals surface area contributed by atoms with Gasteiger partial charge in [0.15, 0.2) is 0 Å². The SMILES string of the molecule is O=C(c1cccc(NC2=C(Cl)C(=O)N(c3cccc(Cl)c3)C2=O)c1)N1CCCCC1. The van der Waals surface area contributed by atoms with Crippen molar-refractivity contribution in [1.82, 2.24) is 4.90 Å². The smallest absolute Gasteiger partial charge is 0.283 e. The molecule has 30 heavy (non-hydrogen) atoms. The molecule has 0 aromatic heterocycles. The summed E-state index contributed by atoms with van der Waals surface area (Å²) in [6, 6.07) is 13.2. The largest absolute Gasteiger partial charge is 0.350 e. The molecule has 0 saturated carbocycles. The molecule has 2 aromatic rings. The summed E-state index contributed by atoms with van der Waals surface area (Å²) in [6.07, 6.45) is 3.14. The van der Waals surface area contributed by atoms with Crippen molar-refractivity contribution in [1.29, 1.82) is 0 Å². The minimum absolute atomic E-state index is 0.0378. The molecule has 2 aromatic carbocycles. The summed E-state index contributed by atoms with van der Waals surface area (Å²) in [6.45, 7) is 1.49. The fourth-order valence-corrected chi connectivity index (χ4v) is 4.01. The number of imide groups is 1. The molecule has 6 nitrogen and oxygen atoms in total. The van der Waals surface area contributed by atoms with Crippen molar-refractivity contribution in [3.8, 4) is 0 Å². The van der Waals surface area contributed by atoms with Crippen molar-refractivity contribution in [3.63, 3.8) is 0 Å². The van der Waals surface area contributed by atoms with Crippen LogP contribution in [0, 0.1) is 0 Å². The molecule has 0 spiro atoms. The van der Waals surface area contributed by atoms with Crippen LogP contribution in [0.4, 0.5) is 11.4 Å². The number of hydrogen-bond acceptors (Lipinski definition) is 4. The van der Waals surface area contributed by atoms with Crippen LogP contribution in [0.5, 0.6) is 0 Å². The number of anilines is 2. The second kappa shape index (κ2) is 8.50. The second-order valence-corrected chi connectivity index (χ2v) is 7.99. The predicted molar refractivity (Wildman–Crippen MR) is 117 cm³/mol. The third-order valence-corrected chi connectivity index (χ3v) is 5.70. The highest BCUT2D eigenvalue weighted by Gasteiger charge is 2.39. The van der Waals surface area contributed by atoms with Crippen molar-refractivity contribution in [2.45, 2.75) is 19.3 Å². The zero-order valence-corrected chi connectivity index (χ0v) is 17.5. The first-order chi connectivity index (χ1) is 14.5. The van der Waals surface area contributed by atoms with E-state index in [9.17, 15) is 14.4 Å². The maximum absolute atomic E-state index is 12.9. The van der Waals surface area contributed by atoms with Crippen molar-refractivity contribution < 1.29 is 14.4 Å². The Kier molecular flexibility index (Phi) is 5.79. The number of amides is 3. The molecule has 0 unspecified atom stereocenters. The van der Waals surface area contributed by atoms with Crippen LogP contribution in [-0.2, 0) is 9.59 Å². The number of hydrogen-bond donors (Lipinski definition) is 1. The van der Waals surface area contributed by atoms with Crippen LogP contribution in [0.25, 0.3) is 0 Å². The summed E-state index contributed by atoms with van der Waals surface area (Å²) in [5, 5.41) is 3.10. The molecule has 1 saturated heterocycles. The first-order valence-corrected chi connectivity index (χ1v) is 10.4. The van der Waals surface area contributed by atoms with Gasteiger partial charge in [0.1, 0.15) is 10.7 Å². The molecule has 2 heterocycles. The highest BCUT2D eigenvalue weighted by atomic mass is 35.5. The summed E-state index contributed by atoms with van der Waals surface area (Å²) < 4.78 is 0. The van der Waals surface area contributed by atoms with Gasteiger partial charge in [0.25, 0.3) is 17.7 Å². The summed E-state index contributed by atoms with van der Waals surface area (Å²) in [5.41, 5.74) is 1.31. The lowest BCUT2D eigenvalue weighted by atomic mass is 10.1. The molecule has 0 atom stereocenters. The molecule has 154 valence electrons. The summed E-state index contributed by atoms with van der Waals surface area (Å²) in [7, 11) is 0. The third-order valence-electron chi connectivity index (χ3n) is 5.12. The number of benzene rings is 2. The molecule has 2 aliphatic rings. The van der Waals surface area contributed by atoms with Gasteiger partial charge in [-0.3, -0.25) is 14.4 Å². The van der Waals surface area contributed by atoms with Gasteiger partial charge < -0.3 is 10.2 Å². The lowest BCUT2D eigenvalue weighted by molar-refractivity contribution is -0.120. The fraction of sp³-hybridized carbons (Fsp3) is 0.227. The number of halogens is 2. The van der Waals surface area contributed by atoms with Crippen LogP contribution in [0.2, 0.25) is 5.02 Å². The van der Waals surface area contributed by atoms with E-state index >= 15 is 0 Å². The van der Waals surface area contributed by atoms with Crippen molar-refractivity contribution >= 4 is 52.3 Å². The van der Waals surface area contributed by atoms with Crippen LogP contribution in [0.3, 0.4) is 0 Å². The highest BCUT2D eigenvalue weighted by Crippen LogP contribution is 2.31. The molecule has 0 aliphatic carbocycles. The zero-order chi connectivity index (χ0) is 21.3. The van der Waals surface area contributed by atoms with Crippen LogP contribution < -0.4 is 10.2 Å². The maximum atomic E-state index is 12.9. The minimum atomic E-state index is -0.632. The van der Waals surface area contributed by atoms with E-state index in [1.807, 2.05) is 4.90 Å². The quantitative estimate of drug-likeness (QED) is 0.710. The Morgan fingerprint density at radius 1 is 0.900 bits per heavy atom. The lowest BCUT2D eigenvalue weighted by Gasteiger charge is -2.26. The van der Waals surface area contributed by atoms with Gasteiger partial charge in [-0.1, -0.05) is 35.3 Å². The zero-order valence-electron chi connectivity index (χ0n) is 16.0. The van der Waals surface area contributed by atoms with Crippen LogP contribution in [0.15, 0.2) is 59.3 Å². The van der Waals surface area contributed by atoms with E-state index in [4.69, 9.17) is 23.2 Å². The van der Waals surface area contributed by atoms with Crippen molar-refractivity contribution in [2.75, 3.05) is 23.3 Å². The van der Waals surface area contributed by atoms with Crippen LogP contribution in [-0.4, -0.2) is 35.7 Å². The summed E-state index contributed by atoms with van der Waals surface area (Å²) >= 11 is 12.2. The Balaban J connectivity index is 1.56. The number of carbonyl (C=O) groups excluding carboxylic acids is 3. The van der Waals surface area contributed by atoms with Crippen molar-refractivity contribution in [2.24, 2.45) is 0 Å². The molecule has 4 rings (SSSR count). The van der Waals surface area contributed by atoms with Gasteiger partial charge in [-0.05, 0) is 55.7 Å². The molecule has 0 radical (unpaired) electrons. The van der Waals surface area contributed by atoms with Gasteiger partial charge in [0.2, 0.25) is 0 Å². The molecule has 0 bridgehead atoms. The first kappa shape index (κ1) is 20.4. The number of nitrogens with one attached hydrogen (secondary N) is 1. The number of nitrogens with zero attached hydrogens (tertiary/aromatic N) is 2. The number of piperidine rings is 1. The Hall–Kier alpha value is -2.83. The van der Waals surface area contributed by atoms with E-state index in [1.54, 1.807) is 42.5 Å². The standard InChI is InChI=1S/C22H19Cl2N3O3/c23-15-7-5-9-17(13-15)27-21(29)18(24)19(22(27)30)25-16-8-4-6-14(12-16)20(28)26-10-2-1-3-11-26/h4-9,12-13,25H,1-3,10-11H2. The van der Waals surface area contributed by atoms with Gasteiger partial charge in [-0.15, -0.1) is 0 Å². The van der Waals surface area contributed by atoms with Crippen molar-refractivity contribution in [3.05, 3.63) is 69.8 Å².